The summed E-state index contributed by atoms with van der Waals surface area (Å²) < 4.78 is 6.01. The number of hydrogen-bond acceptors (Lipinski definition) is 3. The highest BCUT2D eigenvalue weighted by Gasteiger charge is 2.43. The highest BCUT2D eigenvalue weighted by Crippen LogP contribution is 2.42. The van der Waals surface area contributed by atoms with Crippen LogP contribution in [0.3, 0.4) is 0 Å². The van der Waals surface area contributed by atoms with Crippen LogP contribution in [0.15, 0.2) is 65.9 Å². The van der Waals surface area contributed by atoms with Crippen LogP contribution in [-0.4, -0.2) is 11.1 Å². The van der Waals surface area contributed by atoms with Gasteiger partial charge in [-0.2, -0.15) is 0 Å². The molecule has 4 heteroatoms. The molecule has 0 radical (unpaired) electrons. The van der Waals surface area contributed by atoms with Gasteiger partial charge in [-0.3, -0.25) is 0 Å². The highest BCUT2D eigenvalue weighted by molar-refractivity contribution is 6.31. The molecule has 0 aliphatic carbocycles. The molecule has 1 atom stereocenters. The molecule has 3 rings (SSSR count). The van der Waals surface area contributed by atoms with Gasteiger partial charge in [-0.1, -0.05) is 74.0 Å². The molecule has 1 unspecified atom stereocenters. The molecule has 1 aliphatic heterocycles. The summed E-state index contributed by atoms with van der Waals surface area (Å²) in [5, 5.41) is 11.4. The van der Waals surface area contributed by atoms with Crippen LogP contribution in [0.5, 0.6) is 0 Å². The Hall–Kier alpha value is -2.26. The third kappa shape index (κ3) is 4.36. The third-order valence-corrected chi connectivity index (χ3v) is 5.46. The minimum atomic E-state index is -0.823. The van der Waals surface area contributed by atoms with Crippen LogP contribution in [0.25, 0.3) is 0 Å². The molecule has 0 saturated carbocycles. The summed E-state index contributed by atoms with van der Waals surface area (Å²) in [6.07, 6.45) is 2.12. The van der Waals surface area contributed by atoms with Gasteiger partial charge in [0.15, 0.2) is 0 Å². The number of rotatable bonds is 6. The van der Waals surface area contributed by atoms with Gasteiger partial charge < -0.3 is 9.84 Å². The van der Waals surface area contributed by atoms with E-state index in [0.29, 0.717) is 22.9 Å². The van der Waals surface area contributed by atoms with Crippen LogP contribution in [0.1, 0.15) is 44.2 Å². The van der Waals surface area contributed by atoms with Gasteiger partial charge in [0.2, 0.25) is 0 Å². The average molecular weight is 385 g/mol. The molecular weight excluding hydrogens is 360 g/mol. The Morgan fingerprint density at radius 2 is 1.78 bits per heavy atom. The van der Waals surface area contributed by atoms with Crippen molar-refractivity contribution < 1.29 is 14.6 Å². The number of halogens is 1. The summed E-state index contributed by atoms with van der Waals surface area (Å²) in [7, 11) is 0. The standard InChI is InChI=1S/C23H25ClO3/c1-16(2)12-13-23(18-9-4-3-5-10-18)15-21(25)19(22(26)27-23)14-17-8-6-7-11-20(17)24/h3-11,16,25H,12-15H2,1-2H3. The third-order valence-electron chi connectivity index (χ3n) is 5.09. The second-order valence-corrected chi connectivity index (χ2v) is 7.96. The van der Waals surface area contributed by atoms with E-state index in [1.165, 1.54) is 0 Å². The van der Waals surface area contributed by atoms with E-state index in [0.717, 1.165) is 17.5 Å². The first kappa shape index (κ1) is 19.5. The number of aliphatic hydroxyl groups excluding tert-OH is 1. The van der Waals surface area contributed by atoms with E-state index < -0.39 is 11.6 Å². The molecule has 2 aromatic carbocycles. The normalized spacial score (nSPS) is 20.1. The van der Waals surface area contributed by atoms with Gasteiger partial charge in [0.05, 0.1) is 5.57 Å². The Balaban J connectivity index is 1.94. The second-order valence-electron chi connectivity index (χ2n) is 7.55. The van der Waals surface area contributed by atoms with Gasteiger partial charge in [-0.25, -0.2) is 4.79 Å². The van der Waals surface area contributed by atoms with E-state index in [-0.39, 0.29) is 18.6 Å². The van der Waals surface area contributed by atoms with Gasteiger partial charge in [-0.15, -0.1) is 0 Å². The number of aliphatic hydroxyl groups is 1. The summed E-state index contributed by atoms with van der Waals surface area (Å²) in [6, 6.07) is 17.0. The van der Waals surface area contributed by atoms with Crippen molar-refractivity contribution in [2.24, 2.45) is 5.92 Å². The predicted octanol–water partition coefficient (Wildman–Crippen LogP) is 5.97. The maximum Gasteiger partial charge on any atom is 0.338 e. The number of carbonyl (C=O) groups is 1. The van der Waals surface area contributed by atoms with Crippen LogP contribution >= 0.6 is 11.6 Å². The van der Waals surface area contributed by atoms with E-state index in [1.54, 1.807) is 6.07 Å². The molecule has 1 N–H and O–H groups in total. The van der Waals surface area contributed by atoms with Crippen molar-refractivity contribution in [3.8, 4) is 0 Å². The highest BCUT2D eigenvalue weighted by atomic mass is 35.5. The molecule has 0 amide bonds. The molecule has 0 bridgehead atoms. The summed E-state index contributed by atoms with van der Waals surface area (Å²) in [5.74, 6) is 0.102. The Bertz CT molecular complexity index is 842. The molecule has 0 aromatic heterocycles. The fraction of sp³-hybridized carbons (Fsp3) is 0.348. The van der Waals surface area contributed by atoms with Crippen molar-refractivity contribution in [3.63, 3.8) is 0 Å². The Morgan fingerprint density at radius 1 is 1.11 bits per heavy atom. The van der Waals surface area contributed by atoms with Crippen LogP contribution in [-0.2, 0) is 21.6 Å². The van der Waals surface area contributed by atoms with Crippen molar-refractivity contribution in [1.82, 2.24) is 0 Å². The van der Waals surface area contributed by atoms with Crippen molar-refractivity contribution in [3.05, 3.63) is 82.1 Å². The zero-order chi connectivity index (χ0) is 19.4. The fourth-order valence-electron chi connectivity index (χ4n) is 3.48. The first-order valence-electron chi connectivity index (χ1n) is 9.34. The lowest BCUT2D eigenvalue weighted by atomic mass is 9.80. The minimum absolute atomic E-state index is 0.0961. The minimum Gasteiger partial charge on any atom is -0.512 e. The molecule has 27 heavy (non-hydrogen) atoms. The van der Waals surface area contributed by atoms with E-state index in [2.05, 4.69) is 13.8 Å². The van der Waals surface area contributed by atoms with Gasteiger partial charge >= 0.3 is 5.97 Å². The first-order chi connectivity index (χ1) is 12.9. The van der Waals surface area contributed by atoms with Crippen LogP contribution < -0.4 is 0 Å². The molecule has 3 nitrogen and oxygen atoms in total. The van der Waals surface area contributed by atoms with E-state index >= 15 is 0 Å². The number of esters is 1. The number of cyclic esters (lactones) is 1. The van der Waals surface area contributed by atoms with Crippen LogP contribution in [0, 0.1) is 5.92 Å². The Kier molecular flexibility index (Phi) is 5.91. The molecular formula is C23H25ClO3. The first-order valence-corrected chi connectivity index (χ1v) is 9.72. The maximum absolute atomic E-state index is 12.9. The summed E-state index contributed by atoms with van der Waals surface area (Å²) in [4.78, 5) is 12.9. The molecule has 0 saturated heterocycles. The SMILES string of the molecule is CC(C)CCC1(c2ccccc2)CC(O)=C(Cc2ccccc2Cl)C(=O)O1. The Morgan fingerprint density at radius 3 is 2.41 bits per heavy atom. The van der Waals surface area contributed by atoms with Gasteiger partial charge in [0.25, 0.3) is 0 Å². The lowest BCUT2D eigenvalue weighted by molar-refractivity contribution is -0.162. The van der Waals surface area contributed by atoms with Crippen LogP contribution in [0.4, 0.5) is 0 Å². The molecule has 2 aromatic rings. The molecule has 0 fully saturated rings. The molecule has 0 spiro atoms. The van der Waals surface area contributed by atoms with Gasteiger partial charge in [-0.05, 0) is 36.0 Å². The number of benzene rings is 2. The van der Waals surface area contributed by atoms with Crippen molar-refractivity contribution in [2.75, 3.05) is 0 Å². The fourth-order valence-corrected chi connectivity index (χ4v) is 3.69. The number of carbonyl (C=O) groups excluding carboxylic acids is 1. The maximum atomic E-state index is 12.9. The largest absolute Gasteiger partial charge is 0.512 e. The summed E-state index contributed by atoms with van der Waals surface area (Å²) in [5.41, 5.74) is 1.19. The quantitative estimate of drug-likeness (QED) is 0.624. The molecule has 1 aliphatic rings. The van der Waals surface area contributed by atoms with E-state index in [9.17, 15) is 9.90 Å². The van der Waals surface area contributed by atoms with Crippen molar-refractivity contribution >= 4 is 17.6 Å². The second kappa shape index (κ2) is 8.18. The smallest absolute Gasteiger partial charge is 0.338 e. The number of hydrogen-bond donors (Lipinski definition) is 1. The molecule has 1 heterocycles. The Labute approximate surface area is 165 Å². The van der Waals surface area contributed by atoms with Gasteiger partial charge in [0, 0.05) is 17.9 Å². The average Bonchev–Trinajstić information content (AvgIpc) is 2.65. The van der Waals surface area contributed by atoms with Gasteiger partial charge in [0.1, 0.15) is 11.4 Å². The number of ether oxygens (including phenoxy) is 1. The monoisotopic (exact) mass is 384 g/mol. The zero-order valence-electron chi connectivity index (χ0n) is 15.7. The summed E-state index contributed by atoms with van der Waals surface area (Å²) in [6.45, 7) is 4.28. The van der Waals surface area contributed by atoms with Crippen LogP contribution in [0.2, 0.25) is 5.02 Å². The molecule has 142 valence electrons. The van der Waals surface area contributed by atoms with E-state index in [1.807, 2.05) is 48.5 Å². The predicted molar refractivity (Wildman–Crippen MR) is 108 cm³/mol. The lowest BCUT2D eigenvalue weighted by Gasteiger charge is -2.38. The van der Waals surface area contributed by atoms with Crippen molar-refractivity contribution in [2.45, 2.75) is 45.1 Å². The zero-order valence-corrected chi connectivity index (χ0v) is 16.5. The van der Waals surface area contributed by atoms with Crippen molar-refractivity contribution in [1.29, 1.82) is 0 Å². The van der Waals surface area contributed by atoms with E-state index in [4.69, 9.17) is 16.3 Å². The topological polar surface area (TPSA) is 46.5 Å². The summed E-state index contributed by atoms with van der Waals surface area (Å²) >= 11 is 6.22. The lowest BCUT2D eigenvalue weighted by Crippen LogP contribution is -2.38.